The van der Waals surface area contributed by atoms with Gasteiger partial charge >= 0.3 is 0 Å². The van der Waals surface area contributed by atoms with E-state index >= 15 is 0 Å². The van der Waals surface area contributed by atoms with Crippen LogP contribution >= 0.6 is 0 Å². The Hall–Kier alpha value is -0.600. The molecule has 2 unspecified atom stereocenters. The molecule has 54 valence electrons. The van der Waals surface area contributed by atoms with Gasteiger partial charge in [0.15, 0.2) is 0 Å². The fourth-order valence-electron chi connectivity index (χ4n) is 1.41. The SMILES string of the molecule is C=C1C(=C)C2CCC1OO2. The van der Waals surface area contributed by atoms with E-state index in [0.717, 1.165) is 24.0 Å². The van der Waals surface area contributed by atoms with Gasteiger partial charge in [-0.1, -0.05) is 13.2 Å². The predicted octanol–water partition coefficient (Wildman–Crippen LogP) is 1.59. The minimum atomic E-state index is 0.0810. The van der Waals surface area contributed by atoms with Crippen molar-refractivity contribution in [3.63, 3.8) is 0 Å². The second-order valence-electron chi connectivity index (χ2n) is 2.80. The third kappa shape index (κ3) is 0.662. The Balaban J connectivity index is 2.28. The largest absolute Gasteiger partial charge is 0.228 e. The zero-order valence-electron chi connectivity index (χ0n) is 5.80. The molecule has 3 fully saturated rings. The second-order valence-corrected chi connectivity index (χ2v) is 2.80. The molecule has 3 aliphatic rings. The zero-order chi connectivity index (χ0) is 7.14. The van der Waals surface area contributed by atoms with Crippen molar-refractivity contribution >= 4 is 0 Å². The van der Waals surface area contributed by atoms with Crippen molar-refractivity contribution < 1.29 is 9.78 Å². The molecule has 10 heavy (non-hydrogen) atoms. The highest BCUT2D eigenvalue weighted by atomic mass is 17.2. The summed E-state index contributed by atoms with van der Waals surface area (Å²) in [5, 5.41) is 0. The molecular formula is C8H10O2. The Morgan fingerprint density at radius 1 is 1.00 bits per heavy atom. The third-order valence-corrected chi connectivity index (χ3v) is 2.17. The molecule has 2 heterocycles. The lowest BCUT2D eigenvalue weighted by molar-refractivity contribution is -0.368. The highest BCUT2D eigenvalue weighted by Crippen LogP contribution is 2.36. The predicted molar refractivity (Wildman–Crippen MR) is 37.3 cm³/mol. The fourth-order valence-corrected chi connectivity index (χ4v) is 1.41. The van der Waals surface area contributed by atoms with Crippen molar-refractivity contribution in [2.24, 2.45) is 0 Å². The van der Waals surface area contributed by atoms with Crippen LogP contribution in [0.2, 0.25) is 0 Å². The normalized spacial score (nSPS) is 38.8. The lowest BCUT2D eigenvalue weighted by Gasteiger charge is -2.37. The first-order valence-corrected chi connectivity index (χ1v) is 3.49. The zero-order valence-corrected chi connectivity index (χ0v) is 5.80. The van der Waals surface area contributed by atoms with E-state index in [-0.39, 0.29) is 12.2 Å². The maximum atomic E-state index is 5.00. The van der Waals surface area contributed by atoms with Crippen molar-refractivity contribution in [1.82, 2.24) is 0 Å². The molecule has 2 atom stereocenters. The number of fused-ring (bicyclic) bond motifs is 3. The fraction of sp³-hybridized carbons (Fsp3) is 0.500. The maximum absolute atomic E-state index is 5.00. The van der Waals surface area contributed by atoms with Gasteiger partial charge in [0.05, 0.1) is 0 Å². The average Bonchev–Trinajstić information content (AvgIpc) is 2.00. The Morgan fingerprint density at radius 2 is 1.40 bits per heavy atom. The summed E-state index contributed by atoms with van der Waals surface area (Å²) in [5.41, 5.74) is 2.03. The summed E-state index contributed by atoms with van der Waals surface area (Å²) in [6.45, 7) is 7.75. The van der Waals surface area contributed by atoms with Crippen molar-refractivity contribution in [1.29, 1.82) is 0 Å². The molecule has 2 heteroatoms. The molecule has 0 aromatic heterocycles. The first kappa shape index (κ1) is 6.13. The highest BCUT2D eigenvalue weighted by Gasteiger charge is 2.35. The van der Waals surface area contributed by atoms with E-state index in [4.69, 9.17) is 9.78 Å². The second kappa shape index (κ2) is 1.94. The van der Waals surface area contributed by atoms with Crippen LogP contribution in [0.3, 0.4) is 0 Å². The van der Waals surface area contributed by atoms with Gasteiger partial charge in [-0.25, -0.2) is 9.78 Å². The van der Waals surface area contributed by atoms with Crippen LogP contribution in [0.1, 0.15) is 12.8 Å². The highest BCUT2D eigenvalue weighted by molar-refractivity contribution is 5.35. The third-order valence-electron chi connectivity index (χ3n) is 2.17. The molecule has 0 radical (unpaired) electrons. The number of hydrogen-bond acceptors (Lipinski definition) is 2. The lowest BCUT2D eigenvalue weighted by Crippen LogP contribution is -2.38. The Bertz CT molecular complexity index is 165. The molecular weight excluding hydrogens is 128 g/mol. The molecule has 3 rings (SSSR count). The quantitative estimate of drug-likeness (QED) is 0.473. The molecule has 1 aliphatic carbocycles. The molecule has 0 spiro atoms. The van der Waals surface area contributed by atoms with Crippen LogP contribution in [0.15, 0.2) is 24.3 Å². The topological polar surface area (TPSA) is 18.5 Å². The van der Waals surface area contributed by atoms with Gasteiger partial charge in [0, 0.05) is 0 Å². The van der Waals surface area contributed by atoms with Crippen molar-refractivity contribution in [2.45, 2.75) is 25.0 Å². The van der Waals surface area contributed by atoms with E-state index in [1.54, 1.807) is 0 Å². The summed E-state index contributed by atoms with van der Waals surface area (Å²) in [7, 11) is 0. The molecule has 0 amide bonds. The van der Waals surface area contributed by atoms with E-state index in [2.05, 4.69) is 13.2 Å². The molecule has 2 nitrogen and oxygen atoms in total. The molecule has 0 aromatic carbocycles. The van der Waals surface area contributed by atoms with Crippen molar-refractivity contribution in [3.05, 3.63) is 24.3 Å². The van der Waals surface area contributed by atoms with E-state index in [1.165, 1.54) is 0 Å². The van der Waals surface area contributed by atoms with Gasteiger partial charge in [0.2, 0.25) is 0 Å². The monoisotopic (exact) mass is 138 g/mol. The number of hydrogen-bond donors (Lipinski definition) is 0. The molecule has 0 N–H and O–H groups in total. The molecule has 2 bridgehead atoms. The van der Waals surface area contributed by atoms with Crippen molar-refractivity contribution in [2.75, 3.05) is 0 Å². The van der Waals surface area contributed by atoms with Gasteiger partial charge in [-0.15, -0.1) is 0 Å². The first-order valence-electron chi connectivity index (χ1n) is 3.49. The van der Waals surface area contributed by atoms with Gasteiger partial charge in [0.25, 0.3) is 0 Å². The van der Waals surface area contributed by atoms with Crippen LogP contribution in [0, 0.1) is 0 Å². The van der Waals surface area contributed by atoms with Crippen LogP contribution < -0.4 is 0 Å². The summed E-state index contributed by atoms with van der Waals surface area (Å²) < 4.78 is 0. The van der Waals surface area contributed by atoms with Crippen LogP contribution in [-0.4, -0.2) is 12.2 Å². The van der Waals surface area contributed by atoms with Gasteiger partial charge in [-0.05, 0) is 24.0 Å². The molecule has 2 aliphatic heterocycles. The molecule has 2 saturated heterocycles. The van der Waals surface area contributed by atoms with E-state index < -0.39 is 0 Å². The molecule has 0 aromatic rings. The smallest absolute Gasteiger partial charge is 0.118 e. The van der Waals surface area contributed by atoms with Gasteiger partial charge in [-0.2, -0.15) is 0 Å². The van der Waals surface area contributed by atoms with Crippen LogP contribution in [0.5, 0.6) is 0 Å². The Labute approximate surface area is 60.1 Å². The summed E-state index contributed by atoms with van der Waals surface area (Å²) >= 11 is 0. The lowest BCUT2D eigenvalue weighted by atomic mass is 9.86. The maximum Gasteiger partial charge on any atom is 0.118 e. The summed E-state index contributed by atoms with van der Waals surface area (Å²) in [6, 6.07) is 0. The van der Waals surface area contributed by atoms with E-state index in [0.29, 0.717) is 0 Å². The standard InChI is InChI=1S/C8H10O2/c1-5-6(2)8-4-3-7(5)9-10-8/h7-8H,1-4H2. The summed E-state index contributed by atoms with van der Waals surface area (Å²) in [6.07, 6.45) is 2.22. The Kier molecular flexibility index (Phi) is 1.19. The van der Waals surface area contributed by atoms with Crippen LogP contribution in [0.4, 0.5) is 0 Å². The first-order chi connectivity index (χ1) is 4.79. The number of rotatable bonds is 0. The van der Waals surface area contributed by atoms with Gasteiger partial charge < -0.3 is 0 Å². The molecule has 1 saturated carbocycles. The van der Waals surface area contributed by atoms with Crippen molar-refractivity contribution in [3.8, 4) is 0 Å². The van der Waals surface area contributed by atoms with Crippen LogP contribution in [0.25, 0.3) is 0 Å². The minimum Gasteiger partial charge on any atom is -0.228 e. The van der Waals surface area contributed by atoms with Crippen LogP contribution in [-0.2, 0) is 9.78 Å². The summed E-state index contributed by atoms with van der Waals surface area (Å²) in [5.74, 6) is 0. The minimum absolute atomic E-state index is 0.0810. The Morgan fingerprint density at radius 3 is 1.60 bits per heavy atom. The van der Waals surface area contributed by atoms with Gasteiger partial charge in [0.1, 0.15) is 12.2 Å². The van der Waals surface area contributed by atoms with Gasteiger partial charge in [-0.3, -0.25) is 0 Å². The van der Waals surface area contributed by atoms with E-state index in [9.17, 15) is 0 Å². The van der Waals surface area contributed by atoms with E-state index in [1.807, 2.05) is 0 Å². The summed E-state index contributed by atoms with van der Waals surface area (Å²) in [4.78, 5) is 10.00. The average molecular weight is 138 g/mol.